The molecular formula is C22H25N3O3S. The lowest BCUT2D eigenvalue weighted by molar-refractivity contribution is 0.0957. The smallest absolute Gasteiger partial charge is 0.277 e. The fraction of sp³-hybridized carbons (Fsp3) is 0.409. The topological polar surface area (TPSA) is 70.2 Å². The van der Waals surface area contributed by atoms with Crippen molar-refractivity contribution in [2.45, 2.75) is 51.0 Å². The Labute approximate surface area is 174 Å². The summed E-state index contributed by atoms with van der Waals surface area (Å²) in [5, 5.41) is 8.58. The number of rotatable bonds is 8. The highest BCUT2D eigenvalue weighted by Gasteiger charge is 2.21. The zero-order valence-corrected chi connectivity index (χ0v) is 17.6. The first-order chi connectivity index (χ1) is 14.1. The summed E-state index contributed by atoms with van der Waals surface area (Å²) in [6.07, 6.45) is 3.03. The van der Waals surface area contributed by atoms with E-state index in [4.69, 9.17) is 9.15 Å². The third-order valence-corrected chi connectivity index (χ3v) is 6.08. The van der Waals surface area contributed by atoms with E-state index in [1.807, 2.05) is 50.2 Å². The number of hydrogen-bond donors (Lipinski definition) is 0. The second-order valence-corrected chi connectivity index (χ2v) is 8.29. The number of benzene rings is 1. The summed E-state index contributed by atoms with van der Waals surface area (Å²) in [4.78, 5) is 12.8. The van der Waals surface area contributed by atoms with Crippen molar-refractivity contribution < 1.29 is 13.9 Å². The van der Waals surface area contributed by atoms with Gasteiger partial charge in [-0.15, -0.1) is 10.2 Å². The lowest BCUT2D eigenvalue weighted by atomic mass is 10.2. The summed E-state index contributed by atoms with van der Waals surface area (Å²) >= 11 is 1.29. The van der Waals surface area contributed by atoms with Gasteiger partial charge >= 0.3 is 0 Å². The molecule has 1 saturated heterocycles. The average Bonchev–Trinajstić information content (AvgIpc) is 3.45. The van der Waals surface area contributed by atoms with Crippen molar-refractivity contribution in [3.05, 3.63) is 64.8 Å². The van der Waals surface area contributed by atoms with E-state index in [1.165, 1.54) is 11.8 Å². The van der Waals surface area contributed by atoms with Crippen LogP contribution in [0.2, 0.25) is 0 Å². The van der Waals surface area contributed by atoms with E-state index in [0.29, 0.717) is 17.5 Å². The molecule has 6 nitrogen and oxygen atoms in total. The average molecular weight is 412 g/mol. The van der Waals surface area contributed by atoms with Gasteiger partial charge in [-0.25, -0.2) is 0 Å². The molecule has 1 aliphatic rings. The molecule has 1 fully saturated rings. The Kier molecular flexibility index (Phi) is 6.16. The SMILES string of the molecule is Cc1cc(C(=O)CSc2nnc(Cc3ccccc3)o2)c(C)n1CC1CCCO1. The van der Waals surface area contributed by atoms with E-state index in [-0.39, 0.29) is 17.6 Å². The van der Waals surface area contributed by atoms with E-state index in [9.17, 15) is 4.79 Å². The Bertz CT molecular complexity index is 975. The zero-order chi connectivity index (χ0) is 20.2. The summed E-state index contributed by atoms with van der Waals surface area (Å²) in [5.41, 5.74) is 3.97. The van der Waals surface area contributed by atoms with E-state index in [0.717, 1.165) is 48.5 Å². The Morgan fingerprint density at radius 2 is 2.07 bits per heavy atom. The molecule has 0 aliphatic carbocycles. The van der Waals surface area contributed by atoms with Crippen molar-refractivity contribution in [2.24, 2.45) is 0 Å². The van der Waals surface area contributed by atoms with Gasteiger partial charge in [0.05, 0.1) is 18.3 Å². The van der Waals surface area contributed by atoms with Gasteiger partial charge in [0.15, 0.2) is 5.78 Å². The highest BCUT2D eigenvalue weighted by atomic mass is 32.2. The number of aromatic nitrogens is 3. The van der Waals surface area contributed by atoms with Gasteiger partial charge in [-0.3, -0.25) is 4.79 Å². The fourth-order valence-electron chi connectivity index (χ4n) is 3.70. The molecular weight excluding hydrogens is 386 g/mol. The summed E-state index contributed by atoms with van der Waals surface area (Å²) < 4.78 is 13.6. The van der Waals surface area contributed by atoms with Gasteiger partial charge in [0.25, 0.3) is 5.22 Å². The molecule has 29 heavy (non-hydrogen) atoms. The van der Waals surface area contributed by atoms with Crippen molar-refractivity contribution in [3.63, 3.8) is 0 Å². The van der Waals surface area contributed by atoms with E-state index in [2.05, 4.69) is 14.8 Å². The molecule has 1 atom stereocenters. The Morgan fingerprint density at radius 1 is 1.24 bits per heavy atom. The van der Waals surface area contributed by atoms with Gasteiger partial charge in [0, 0.05) is 30.1 Å². The summed E-state index contributed by atoms with van der Waals surface area (Å²) in [7, 11) is 0. The number of nitrogens with zero attached hydrogens (tertiary/aromatic N) is 3. The minimum atomic E-state index is 0.0736. The molecule has 0 bridgehead atoms. The molecule has 3 heterocycles. The maximum absolute atomic E-state index is 12.8. The lowest BCUT2D eigenvalue weighted by Crippen LogP contribution is -2.17. The van der Waals surface area contributed by atoms with Crippen LogP contribution in [-0.4, -0.2) is 39.0 Å². The van der Waals surface area contributed by atoms with Gasteiger partial charge < -0.3 is 13.7 Å². The van der Waals surface area contributed by atoms with Crippen LogP contribution in [0.3, 0.4) is 0 Å². The highest BCUT2D eigenvalue weighted by molar-refractivity contribution is 7.99. The number of carbonyl (C=O) groups is 1. The van der Waals surface area contributed by atoms with Crippen molar-refractivity contribution >= 4 is 17.5 Å². The monoisotopic (exact) mass is 411 g/mol. The first-order valence-electron chi connectivity index (χ1n) is 9.91. The lowest BCUT2D eigenvalue weighted by Gasteiger charge is -2.14. The van der Waals surface area contributed by atoms with Crippen LogP contribution in [0.5, 0.6) is 0 Å². The van der Waals surface area contributed by atoms with E-state index < -0.39 is 0 Å². The van der Waals surface area contributed by atoms with Crippen molar-refractivity contribution in [1.82, 2.24) is 14.8 Å². The summed E-state index contributed by atoms with van der Waals surface area (Å²) in [6.45, 7) is 5.69. The molecule has 0 spiro atoms. The predicted molar refractivity (Wildman–Crippen MR) is 111 cm³/mol. The molecule has 3 aromatic rings. The van der Waals surface area contributed by atoms with Crippen LogP contribution in [-0.2, 0) is 17.7 Å². The number of ether oxygens (including phenoxy) is 1. The van der Waals surface area contributed by atoms with Crippen molar-refractivity contribution in [3.8, 4) is 0 Å². The van der Waals surface area contributed by atoms with Gasteiger partial charge in [-0.2, -0.15) is 0 Å². The van der Waals surface area contributed by atoms with Gasteiger partial charge in [0.2, 0.25) is 5.89 Å². The molecule has 1 aliphatic heterocycles. The fourth-order valence-corrected chi connectivity index (χ4v) is 4.36. The van der Waals surface area contributed by atoms with Crippen LogP contribution in [0.25, 0.3) is 0 Å². The maximum atomic E-state index is 12.8. The quantitative estimate of drug-likeness (QED) is 0.408. The second-order valence-electron chi connectivity index (χ2n) is 7.37. The Hall–Kier alpha value is -2.38. The maximum Gasteiger partial charge on any atom is 0.277 e. The number of Topliss-reactive ketones (excluding diaryl/α,β-unsaturated/α-hetero) is 1. The summed E-state index contributed by atoms with van der Waals surface area (Å²) in [6, 6.07) is 12.0. The molecule has 1 aromatic carbocycles. The number of hydrogen-bond acceptors (Lipinski definition) is 6. The van der Waals surface area contributed by atoms with Gasteiger partial charge in [-0.05, 0) is 38.3 Å². The Morgan fingerprint density at radius 3 is 2.83 bits per heavy atom. The third-order valence-electron chi connectivity index (χ3n) is 5.26. The molecule has 1 unspecified atom stereocenters. The second kappa shape index (κ2) is 8.97. The molecule has 0 radical (unpaired) electrons. The largest absolute Gasteiger partial charge is 0.416 e. The minimum absolute atomic E-state index is 0.0736. The van der Waals surface area contributed by atoms with Crippen molar-refractivity contribution in [1.29, 1.82) is 0 Å². The predicted octanol–water partition coefficient (Wildman–Crippen LogP) is 4.23. The first-order valence-corrected chi connectivity index (χ1v) is 10.9. The van der Waals surface area contributed by atoms with Crippen LogP contribution in [0.4, 0.5) is 0 Å². The zero-order valence-electron chi connectivity index (χ0n) is 16.8. The summed E-state index contributed by atoms with van der Waals surface area (Å²) in [5.74, 6) is 0.905. The molecule has 152 valence electrons. The number of thioether (sulfide) groups is 1. The molecule has 0 N–H and O–H groups in total. The van der Waals surface area contributed by atoms with Gasteiger partial charge in [0.1, 0.15) is 0 Å². The van der Waals surface area contributed by atoms with Crippen LogP contribution in [0.1, 0.15) is 46.0 Å². The Balaban J connectivity index is 1.36. The van der Waals surface area contributed by atoms with Crippen LogP contribution in [0.15, 0.2) is 46.0 Å². The molecule has 7 heteroatoms. The number of aryl methyl sites for hydroxylation is 1. The van der Waals surface area contributed by atoms with Crippen molar-refractivity contribution in [2.75, 3.05) is 12.4 Å². The molecule has 0 amide bonds. The van der Waals surface area contributed by atoms with Crippen LogP contribution in [0, 0.1) is 13.8 Å². The standard InChI is InChI=1S/C22H25N3O3S/c1-15-11-19(16(2)25(15)13-18-9-6-10-27-18)20(26)14-29-22-24-23-21(28-22)12-17-7-4-3-5-8-17/h3-5,7-8,11,18H,6,9-10,12-14H2,1-2H3. The molecule has 4 rings (SSSR count). The van der Waals surface area contributed by atoms with Crippen LogP contribution < -0.4 is 0 Å². The minimum Gasteiger partial charge on any atom is -0.416 e. The van der Waals surface area contributed by atoms with E-state index >= 15 is 0 Å². The number of ketones is 1. The normalized spacial score (nSPS) is 16.4. The number of carbonyl (C=O) groups excluding carboxylic acids is 1. The first kappa shape index (κ1) is 19.9. The molecule has 0 saturated carbocycles. The van der Waals surface area contributed by atoms with Crippen LogP contribution >= 0.6 is 11.8 Å². The van der Waals surface area contributed by atoms with E-state index in [1.54, 1.807) is 0 Å². The third kappa shape index (κ3) is 4.79. The van der Waals surface area contributed by atoms with Gasteiger partial charge in [-0.1, -0.05) is 42.1 Å². The molecule has 2 aromatic heterocycles. The highest BCUT2D eigenvalue weighted by Crippen LogP contribution is 2.24.